The fourth-order valence-electron chi connectivity index (χ4n) is 1.95. The Bertz CT molecular complexity index is 413. The third-order valence-corrected chi connectivity index (χ3v) is 3.30. The maximum Gasteiger partial charge on any atom is 0.227 e. The van der Waals surface area contributed by atoms with Crippen LogP contribution in [-0.4, -0.2) is 12.5 Å². The molecule has 3 heteroatoms. The highest BCUT2D eigenvalue weighted by atomic mass is 16.2. The number of hydrogen-bond acceptors (Lipinski definition) is 2. The van der Waals surface area contributed by atoms with Crippen LogP contribution in [0.4, 0.5) is 5.69 Å². The first-order valence-electron chi connectivity index (χ1n) is 6.85. The van der Waals surface area contributed by atoms with Crippen molar-refractivity contribution in [3.05, 3.63) is 29.8 Å². The first-order chi connectivity index (χ1) is 8.70. The summed E-state index contributed by atoms with van der Waals surface area (Å²) in [6, 6.07) is 8.44. The van der Waals surface area contributed by atoms with Crippen molar-refractivity contribution in [3.63, 3.8) is 0 Å². The highest BCUT2D eigenvalue weighted by Gasteiger charge is 2.29. The molecule has 1 fully saturated rings. The lowest BCUT2D eigenvalue weighted by Gasteiger charge is -2.15. The predicted molar refractivity (Wildman–Crippen MR) is 74.5 cm³/mol. The zero-order valence-electron chi connectivity index (χ0n) is 11.2. The first-order valence-corrected chi connectivity index (χ1v) is 6.85. The molecule has 1 aliphatic carbocycles. The molecule has 0 saturated heterocycles. The van der Waals surface area contributed by atoms with Crippen LogP contribution in [0.2, 0.25) is 0 Å². The molecule has 0 radical (unpaired) electrons. The molecule has 0 bridgehead atoms. The Balaban J connectivity index is 1.97. The van der Waals surface area contributed by atoms with E-state index < -0.39 is 0 Å². The SMILES string of the molecule is CCCNC(C)c1cccc(NC(=O)C2CC2)c1. The van der Waals surface area contributed by atoms with Gasteiger partial charge in [-0.1, -0.05) is 19.1 Å². The van der Waals surface area contributed by atoms with E-state index in [2.05, 4.69) is 36.6 Å². The number of rotatable bonds is 6. The van der Waals surface area contributed by atoms with Gasteiger partial charge in [0.05, 0.1) is 0 Å². The maximum absolute atomic E-state index is 11.7. The monoisotopic (exact) mass is 246 g/mol. The van der Waals surface area contributed by atoms with Crippen LogP contribution in [0.1, 0.15) is 44.7 Å². The molecule has 1 aromatic rings. The van der Waals surface area contributed by atoms with Crippen LogP contribution in [0.3, 0.4) is 0 Å². The zero-order valence-corrected chi connectivity index (χ0v) is 11.2. The van der Waals surface area contributed by atoms with Crippen LogP contribution >= 0.6 is 0 Å². The Labute approximate surface area is 109 Å². The molecule has 0 aromatic heterocycles. The van der Waals surface area contributed by atoms with Gasteiger partial charge >= 0.3 is 0 Å². The van der Waals surface area contributed by atoms with Crippen LogP contribution in [0.5, 0.6) is 0 Å². The van der Waals surface area contributed by atoms with E-state index in [0.717, 1.165) is 31.5 Å². The van der Waals surface area contributed by atoms with Gasteiger partial charge in [0.2, 0.25) is 5.91 Å². The van der Waals surface area contributed by atoms with Gasteiger partial charge in [0.1, 0.15) is 0 Å². The molecule has 0 aliphatic heterocycles. The molecule has 1 saturated carbocycles. The van der Waals surface area contributed by atoms with E-state index in [1.807, 2.05) is 12.1 Å². The summed E-state index contributed by atoms with van der Waals surface area (Å²) in [6.45, 7) is 5.32. The van der Waals surface area contributed by atoms with Gasteiger partial charge in [-0.2, -0.15) is 0 Å². The second-order valence-corrected chi connectivity index (χ2v) is 5.06. The van der Waals surface area contributed by atoms with Crippen molar-refractivity contribution in [2.24, 2.45) is 5.92 Å². The molecule has 0 heterocycles. The molecule has 1 aromatic carbocycles. The number of carbonyl (C=O) groups excluding carboxylic acids is 1. The summed E-state index contributed by atoms with van der Waals surface area (Å²) in [7, 11) is 0. The van der Waals surface area contributed by atoms with Crippen molar-refractivity contribution >= 4 is 11.6 Å². The topological polar surface area (TPSA) is 41.1 Å². The molecule has 98 valence electrons. The van der Waals surface area contributed by atoms with Crippen molar-refractivity contribution < 1.29 is 4.79 Å². The molecule has 1 amide bonds. The minimum Gasteiger partial charge on any atom is -0.326 e. The number of benzene rings is 1. The van der Waals surface area contributed by atoms with Crippen LogP contribution in [-0.2, 0) is 4.79 Å². The normalized spacial score (nSPS) is 16.3. The minimum absolute atomic E-state index is 0.168. The van der Waals surface area contributed by atoms with Crippen molar-refractivity contribution in [1.82, 2.24) is 5.32 Å². The molecule has 1 unspecified atom stereocenters. The lowest BCUT2D eigenvalue weighted by Crippen LogP contribution is -2.19. The van der Waals surface area contributed by atoms with Gasteiger partial charge in [-0.25, -0.2) is 0 Å². The van der Waals surface area contributed by atoms with Gasteiger partial charge in [0, 0.05) is 17.6 Å². The number of anilines is 1. The van der Waals surface area contributed by atoms with Crippen LogP contribution in [0, 0.1) is 5.92 Å². The molecule has 18 heavy (non-hydrogen) atoms. The van der Waals surface area contributed by atoms with Gasteiger partial charge < -0.3 is 10.6 Å². The molecular formula is C15H22N2O. The molecule has 2 rings (SSSR count). The average Bonchev–Trinajstić information content (AvgIpc) is 3.20. The highest BCUT2D eigenvalue weighted by Crippen LogP contribution is 2.30. The van der Waals surface area contributed by atoms with Gasteiger partial charge in [-0.15, -0.1) is 0 Å². The molecule has 2 N–H and O–H groups in total. The van der Waals surface area contributed by atoms with E-state index in [1.54, 1.807) is 0 Å². The fraction of sp³-hybridized carbons (Fsp3) is 0.533. The molecule has 3 nitrogen and oxygen atoms in total. The minimum atomic E-state index is 0.168. The standard InChI is InChI=1S/C15H22N2O/c1-3-9-16-11(2)13-5-4-6-14(10-13)17-15(18)12-7-8-12/h4-6,10-12,16H,3,7-9H2,1-2H3,(H,17,18). The van der Waals surface area contributed by atoms with Crippen molar-refractivity contribution in [1.29, 1.82) is 0 Å². The Kier molecular flexibility index (Phi) is 4.37. The van der Waals surface area contributed by atoms with Gasteiger partial charge in [-0.05, 0) is 50.4 Å². The second-order valence-electron chi connectivity index (χ2n) is 5.06. The summed E-state index contributed by atoms with van der Waals surface area (Å²) in [5.74, 6) is 0.422. The smallest absolute Gasteiger partial charge is 0.227 e. The summed E-state index contributed by atoms with van der Waals surface area (Å²) in [5.41, 5.74) is 2.13. The van der Waals surface area contributed by atoms with Gasteiger partial charge in [0.15, 0.2) is 0 Å². The molecule has 1 aliphatic rings. The fourth-order valence-corrected chi connectivity index (χ4v) is 1.95. The van der Waals surface area contributed by atoms with Gasteiger partial charge in [0.25, 0.3) is 0 Å². The Morgan fingerprint density at radius 2 is 2.22 bits per heavy atom. The number of hydrogen-bond donors (Lipinski definition) is 2. The predicted octanol–water partition coefficient (Wildman–Crippen LogP) is 3.10. The summed E-state index contributed by atoms with van der Waals surface area (Å²) in [6.07, 6.45) is 3.21. The van der Waals surface area contributed by atoms with E-state index >= 15 is 0 Å². The van der Waals surface area contributed by atoms with E-state index in [-0.39, 0.29) is 11.8 Å². The van der Waals surface area contributed by atoms with Crippen molar-refractivity contribution in [2.45, 2.75) is 39.2 Å². The van der Waals surface area contributed by atoms with Gasteiger partial charge in [-0.3, -0.25) is 4.79 Å². The zero-order chi connectivity index (χ0) is 13.0. The average molecular weight is 246 g/mol. The van der Waals surface area contributed by atoms with E-state index in [4.69, 9.17) is 0 Å². The van der Waals surface area contributed by atoms with Crippen LogP contribution in [0.25, 0.3) is 0 Å². The molecule has 0 spiro atoms. The largest absolute Gasteiger partial charge is 0.326 e. The summed E-state index contributed by atoms with van der Waals surface area (Å²) in [5, 5.41) is 6.44. The first kappa shape index (κ1) is 13.1. The quantitative estimate of drug-likeness (QED) is 0.810. The van der Waals surface area contributed by atoms with E-state index in [9.17, 15) is 4.79 Å². The molecule has 1 atom stereocenters. The highest BCUT2D eigenvalue weighted by molar-refractivity contribution is 5.94. The Morgan fingerprint density at radius 3 is 2.89 bits per heavy atom. The molecular weight excluding hydrogens is 224 g/mol. The lowest BCUT2D eigenvalue weighted by atomic mass is 10.1. The number of carbonyl (C=O) groups is 1. The van der Waals surface area contributed by atoms with E-state index in [1.165, 1.54) is 5.56 Å². The van der Waals surface area contributed by atoms with Crippen LogP contribution < -0.4 is 10.6 Å². The second kappa shape index (κ2) is 6.01. The van der Waals surface area contributed by atoms with Crippen LogP contribution in [0.15, 0.2) is 24.3 Å². The number of amides is 1. The van der Waals surface area contributed by atoms with Crippen molar-refractivity contribution in [3.8, 4) is 0 Å². The Hall–Kier alpha value is -1.35. The van der Waals surface area contributed by atoms with Crippen molar-refractivity contribution in [2.75, 3.05) is 11.9 Å². The third kappa shape index (κ3) is 3.57. The van der Waals surface area contributed by atoms with E-state index in [0.29, 0.717) is 6.04 Å². The summed E-state index contributed by atoms with van der Waals surface area (Å²) >= 11 is 0. The number of nitrogens with one attached hydrogen (secondary N) is 2. The summed E-state index contributed by atoms with van der Waals surface area (Å²) in [4.78, 5) is 11.7. The Morgan fingerprint density at radius 1 is 1.44 bits per heavy atom. The maximum atomic E-state index is 11.7. The third-order valence-electron chi connectivity index (χ3n) is 3.30. The lowest BCUT2D eigenvalue weighted by molar-refractivity contribution is -0.117. The summed E-state index contributed by atoms with van der Waals surface area (Å²) < 4.78 is 0.